The van der Waals surface area contributed by atoms with Crippen LogP contribution in [0, 0.1) is 0 Å². The maximum Gasteiger partial charge on any atom is 0.0314 e. The zero-order valence-corrected chi connectivity index (χ0v) is 14.1. The summed E-state index contributed by atoms with van der Waals surface area (Å²) >= 11 is 5.52. The molecule has 3 rings (SSSR count). The van der Waals surface area contributed by atoms with Crippen LogP contribution in [0.5, 0.6) is 0 Å². The number of fused-ring (bicyclic) bond motifs is 1. The van der Waals surface area contributed by atoms with Crippen molar-refractivity contribution < 1.29 is 0 Å². The molecule has 1 aliphatic carbocycles. The van der Waals surface area contributed by atoms with Crippen molar-refractivity contribution in [3.63, 3.8) is 0 Å². The minimum Gasteiger partial charge on any atom is -0.313 e. The van der Waals surface area contributed by atoms with E-state index in [0.717, 1.165) is 13.0 Å². The van der Waals surface area contributed by atoms with E-state index in [-0.39, 0.29) is 0 Å². The first kappa shape index (κ1) is 14.3. The Balaban J connectivity index is 1.76. The Kier molecular flexibility index (Phi) is 4.59. The van der Waals surface area contributed by atoms with Crippen molar-refractivity contribution in [1.82, 2.24) is 5.32 Å². The van der Waals surface area contributed by atoms with E-state index in [2.05, 4.69) is 63.9 Å². The predicted octanol–water partition coefficient (Wildman–Crippen LogP) is 4.76. The predicted molar refractivity (Wildman–Crippen MR) is 90.7 cm³/mol. The molecule has 3 heteroatoms. The van der Waals surface area contributed by atoms with Crippen LogP contribution >= 0.6 is 27.3 Å². The molecule has 0 saturated heterocycles. The van der Waals surface area contributed by atoms with Crippen LogP contribution in [0.3, 0.4) is 0 Å². The van der Waals surface area contributed by atoms with E-state index in [1.165, 1.54) is 27.8 Å². The van der Waals surface area contributed by atoms with Crippen molar-refractivity contribution >= 4 is 27.3 Å². The van der Waals surface area contributed by atoms with Gasteiger partial charge in [0.25, 0.3) is 0 Å². The minimum absolute atomic E-state index is 0.555. The molecule has 2 unspecified atom stereocenters. The molecule has 0 spiro atoms. The number of rotatable bonds is 6. The van der Waals surface area contributed by atoms with Crippen molar-refractivity contribution in [1.29, 1.82) is 0 Å². The van der Waals surface area contributed by atoms with Crippen LogP contribution in [0.25, 0.3) is 0 Å². The molecule has 0 radical (unpaired) electrons. The van der Waals surface area contributed by atoms with Gasteiger partial charge in [0, 0.05) is 21.3 Å². The zero-order chi connectivity index (χ0) is 13.9. The highest BCUT2D eigenvalue weighted by atomic mass is 79.9. The first-order valence-electron chi connectivity index (χ1n) is 7.32. The molecular weight excluding hydrogens is 330 g/mol. The minimum atomic E-state index is 0.555. The van der Waals surface area contributed by atoms with Crippen molar-refractivity contribution in [2.75, 3.05) is 6.54 Å². The van der Waals surface area contributed by atoms with E-state index in [1.54, 1.807) is 5.56 Å². The molecule has 1 N–H and O–H groups in total. The maximum absolute atomic E-state index is 3.76. The number of hydrogen-bond acceptors (Lipinski definition) is 2. The van der Waals surface area contributed by atoms with Crippen LogP contribution in [0.4, 0.5) is 0 Å². The third-order valence-corrected chi connectivity index (χ3v) is 6.08. The monoisotopic (exact) mass is 349 g/mol. The van der Waals surface area contributed by atoms with Crippen molar-refractivity contribution in [3.05, 3.63) is 56.2 Å². The van der Waals surface area contributed by atoms with E-state index in [9.17, 15) is 0 Å². The van der Waals surface area contributed by atoms with E-state index in [1.807, 2.05) is 11.3 Å². The second-order valence-electron chi connectivity index (χ2n) is 5.47. The lowest BCUT2D eigenvalue weighted by molar-refractivity contribution is 0.399. The third-order valence-electron chi connectivity index (χ3n) is 4.13. The summed E-state index contributed by atoms with van der Waals surface area (Å²) in [5, 5.41) is 5.94. The molecule has 0 fully saturated rings. The smallest absolute Gasteiger partial charge is 0.0314 e. The van der Waals surface area contributed by atoms with Gasteiger partial charge in [-0.1, -0.05) is 31.2 Å². The van der Waals surface area contributed by atoms with Crippen LogP contribution in [-0.2, 0) is 12.8 Å². The summed E-state index contributed by atoms with van der Waals surface area (Å²) < 4.78 is 1.26. The number of benzene rings is 1. The summed E-state index contributed by atoms with van der Waals surface area (Å²) in [5.41, 5.74) is 3.08. The molecule has 2 aromatic rings. The second-order valence-corrected chi connectivity index (χ2v) is 7.32. The lowest BCUT2D eigenvalue weighted by Gasteiger charge is -2.37. The molecule has 106 valence electrons. The number of thiophene rings is 1. The Hall–Kier alpha value is -0.640. The first-order valence-corrected chi connectivity index (χ1v) is 9.00. The van der Waals surface area contributed by atoms with Crippen LogP contribution in [0.15, 0.2) is 40.2 Å². The van der Waals surface area contributed by atoms with E-state index >= 15 is 0 Å². The molecule has 0 saturated carbocycles. The molecule has 1 aromatic carbocycles. The molecule has 0 bridgehead atoms. The molecule has 0 amide bonds. The Morgan fingerprint density at radius 1 is 1.35 bits per heavy atom. The van der Waals surface area contributed by atoms with Crippen molar-refractivity contribution in [2.45, 2.75) is 38.1 Å². The van der Waals surface area contributed by atoms with Gasteiger partial charge in [0.1, 0.15) is 0 Å². The lowest BCUT2D eigenvalue weighted by Crippen LogP contribution is -2.41. The van der Waals surface area contributed by atoms with Gasteiger partial charge in [-0.2, -0.15) is 0 Å². The summed E-state index contributed by atoms with van der Waals surface area (Å²) in [5.74, 6) is 0.673. The quantitative estimate of drug-likeness (QED) is 0.792. The molecule has 1 aliphatic rings. The Morgan fingerprint density at radius 2 is 2.20 bits per heavy atom. The second kappa shape index (κ2) is 6.42. The summed E-state index contributed by atoms with van der Waals surface area (Å²) in [6, 6.07) is 11.6. The van der Waals surface area contributed by atoms with Gasteiger partial charge in [0.05, 0.1) is 0 Å². The van der Waals surface area contributed by atoms with Gasteiger partial charge in [0.15, 0.2) is 0 Å². The van der Waals surface area contributed by atoms with Gasteiger partial charge in [0.2, 0.25) is 0 Å². The van der Waals surface area contributed by atoms with Gasteiger partial charge in [-0.05, 0) is 64.3 Å². The number of nitrogens with one attached hydrogen (secondary N) is 1. The van der Waals surface area contributed by atoms with Crippen molar-refractivity contribution in [2.24, 2.45) is 0 Å². The highest BCUT2D eigenvalue weighted by Gasteiger charge is 2.32. The van der Waals surface area contributed by atoms with Gasteiger partial charge in [-0.3, -0.25) is 0 Å². The molecule has 1 nitrogen and oxygen atoms in total. The SMILES string of the molecule is CCCNC(Cc1sccc1Br)C1Cc2ccccc21. The topological polar surface area (TPSA) is 12.0 Å². The van der Waals surface area contributed by atoms with E-state index in [0.29, 0.717) is 12.0 Å². The molecular formula is C17H20BrNS. The van der Waals surface area contributed by atoms with Crippen LogP contribution in [-0.4, -0.2) is 12.6 Å². The van der Waals surface area contributed by atoms with Gasteiger partial charge in [-0.25, -0.2) is 0 Å². The first-order chi connectivity index (χ1) is 9.79. The summed E-state index contributed by atoms with van der Waals surface area (Å²) in [6.45, 7) is 3.34. The average Bonchev–Trinajstić information content (AvgIpc) is 2.83. The summed E-state index contributed by atoms with van der Waals surface area (Å²) in [4.78, 5) is 1.46. The summed E-state index contributed by atoms with van der Waals surface area (Å²) in [6.07, 6.45) is 3.54. The average molecular weight is 350 g/mol. The fraction of sp³-hybridized carbons (Fsp3) is 0.412. The molecule has 1 heterocycles. The van der Waals surface area contributed by atoms with Gasteiger partial charge < -0.3 is 5.32 Å². The fourth-order valence-corrected chi connectivity index (χ4v) is 4.59. The third kappa shape index (κ3) is 2.85. The Labute approximate surface area is 133 Å². The molecule has 20 heavy (non-hydrogen) atoms. The highest BCUT2D eigenvalue weighted by Crippen LogP contribution is 2.39. The largest absolute Gasteiger partial charge is 0.313 e. The maximum atomic E-state index is 3.76. The number of halogens is 1. The van der Waals surface area contributed by atoms with E-state index < -0.39 is 0 Å². The fourth-order valence-electron chi connectivity index (χ4n) is 3.01. The summed E-state index contributed by atoms with van der Waals surface area (Å²) in [7, 11) is 0. The lowest BCUT2D eigenvalue weighted by atomic mass is 9.72. The molecule has 1 aromatic heterocycles. The number of hydrogen-bond donors (Lipinski definition) is 1. The highest BCUT2D eigenvalue weighted by molar-refractivity contribution is 9.10. The normalized spacial score (nSPS) is 18.4. The van der Waals surface area contributed by atoms with Gasteiger partial charge in [-0.15, -0.1) is 11.3 Å². The van der Waals surface area contributed by atoms with E-state index in [4.69, 9.17) is 0 Å². The standard InChI is InChI=1S/C17H20BrNS/c1-2-8-19-16(11-17-15(18)7-9-20-17)14-10-12-5-3-4-6-13(12)14/h3-7,9,14,16,19H,2,8,10-11H2,1H3. The Bertz CT molecular complexity index is 578. The van der Waals surface area contributed by atoms with Crippen LogP contribution in [0.1, 0.15) is 35.3 Å². The van der Waals surface area contributed by atoms with Gasteiger partial charge >= 0.3 is 0 Å². The molecule has 2 atom stereocenters. The molecule has 0 aliphatic heterocycles. The zero-order valence-electron chi connectivity index (χ0n) is 11.7. The van der Waals surface area contributed by atoms with Crippen LogP contribution < -0.4 is 5.32 Å². The van der Waals surface area contributed by atoms with Crippen molar-refractivity contribution in [3.8, 4) is 0 Å². The Morgan fingerprint density at radius 3 is 2.90 bits per heavy atom. The van der Waals surface area contributed by atoms with Crippen LogP contribution in [0.2, 0.25) is 0 Å².